The van der Waals surface area contributed by atoms with Gasteiger partial charge in [-0.25, -0.2) is 0 Å². The number of hydrogen-bond acceptors (Lipinski definition) is 1. The molecule has 0 amide bonds. The molecule has 1 aliphatic heterocycles. The van der Waals surface area contributed by atoms with Crippen LogP contribution in [0.3, 0.4) is 0 Å². The quantitative estimate of drug-likeness (QED) is 0.766. The van der Waals surface area contributed by atoms with Gasteiger partial charge in [-0.3, -0.25) is 0 Å². The van der Waals surface area contributed by atoms with E-state index in [-0.39, 0.29) is 6.10 Å². The summed E-state index contributed by atoms with van der Waals surface area (Å²) in [6.07, 6.45) is 11.4. The number of piperidine rings is 1. The molecule has 1 N–H and O–H groups in total. The van der Waals surface area contributed by atoms with Crippen molar-refractivity contribution in [3.05, 3.63) is 0 Å². The number of quaternary nitrogens is 1. The van der Waals surface area contributed by atoms with Gasteiger partial charge in [0.15, 0.2) is 0 Å². The smallest absolute Gasteiger partial charge is 0.104 e. The molecular formula is C16H32NO+. The summed E-state index contributed by atoms with van der Waals surface area (Å²) in [5.41, 5.74) is 0.380. The lowest BCUT2D eigenvalue weighted by Crippen LogP contribution is -2.68. The minimum Gasteiger partial charge on any atom is -0.393 e. The fraction of sp³-hybridized carbons (Fsp3) is 1.00. The van der Waals surface area contributed by atoms with Gasteiger partial charge < -0.3 is 9.59 Å². The van der Waals surface area contributed by atoms with Crippen LogP contribution in [0.25, 0.3) is 0 Å². The van der Waals surface area contributed by atoms with E-state index in [1.165, 1.54) is 57.9 Å². The topological polar surface area (TPSA) is 20.2 Å². The van der Waals surface area contributed by atoms with Crippen LogP contribution in [0.4, 0.5) is 0 Å². The van der Waals surface area contributed by atoms with Crippen molar-refractivity contribution in [1.29, 1.82) is 0 Å². The highest BCUT2D eigenvalue weighted by Gasteiger charge is 2.55. The summed E-state index contributed by atoms with van der Waals surface area (Å²) >= 11 is 0. The molecular weight excluding hydrogens is 222 g/mol. The number of unbranched alkanes of at least 4 members (excludes halogenated alkanes) is 1. The first-order valence-electron chi connectivity index (χ1n) is 8.05. The van der Waals surface area contributed by atoms with Crippen molar-refractivity contribution in [2.75, 3.05) is 20.6 Å². The fourth-order valence-corrected chi connectivity index (χ4v) is 4.77. The van der Waals surface area contributed by atoms with Crippen LogP contribution in [-0.4, -0.2) is 41.9 Å². The first kappa shape index (κ1) is 14.3. The Bertz CT molecular complexity index is 272. The summed E-state index contributed by atoms with van der Waals surface area (Å²) in [5, 5.41) is 10.5. The van der Waals surface area contributed by atoms with Gasteiger partial charge in [0, 0.05) is 18.8 Å². The second-order valence-electron chi connectivity index (χ2n) is 7.18. The maximum atomic E-state index is 10.5. The van der Waals surface area contributed by atoms with Crippen molar-refractivity contribution in [3.8, 4) is 0 Å². The Morgan fingerprint density at radius 1 is 1.17 bits per heavy atom. The van der Waals surface area contributed by atoms with E-state index in [0.29, 0.717) is 11.5 Å². The summed E-state index contributed by atoms with van der Waals surface area (Å²) in [5.74, 6) is 0.543. The number of likely N-dealkylation sites (tertiary alicyclic amines) is 1. The SMILES string of the molecule is CCCC[C@@H]1[C@H](O)CCCC12CCCC[N+]2(C)C. The van der Waals surface area contributed by atoms with Gasteiger partial charge in [0.2, 0.25) is 0 Å². The largest absolute Gasteiger partial charge is 0.393 e. The van der Waals surface area contributed by atoms with E-state index in [4.69, 9.17) is 0 Å². The molecule has 0 radical (unpaired) electrons. The first-order chi connectivity index (χ1) is 8.53. The molecule has 1 spiro atoms. The van der Waals surface area contributed by atoms with Gasteiger partial charge in [-0.1, -0.05) is 19.8 Å². The lowest BCUT2D eigenvalue weighted by molar-refractivity contribution is -0.954. The van der Waals surface area contributed by atoms with Crippen LogP contribution in [0.1, 0.15) is 64.7 Å². The molecule has 0 aromatic rings. The van der Waals surface area contributed by atoms with E-state index in [1.54, 1.807) is 0 Å². The molecule has 1 heterocycles. The van der Waals surface area contributed by atoms with Gasteiger partial charge in [0.05, 0.1) is 26.7 Å². The molecule has 0 aromatic heterocycles. The van der Waals surface area contributed by atoms with E-state index in [0.717, 1.165) is 10.9 Å². The molecule has 2 nitrogen and oxygen atoms in total. The van der Waals surface area contributed by atoms with Crippen molar-refractivity contribution in [3.63, 3.8) is 0 Å². The molecule has 106 valence electrons. The molecule has 2 aliphatic rings. The summed E-state index contributed by atoms with van der Waals surface area (Å²) in [6, 6.07) is 0. The second kappa shape index (κ2) is 5.50. The van der Waals surface area contributed by atoms with E-state index >= 15 is 0 Å². The van der Waals surface area contributed by atoms with Gasteiger partial charge in [-0.15, -0.1) is 0 Å². The van der Waals surface area contributed by atoms with Crippen LogP contribution in [0.2, 0.25) is 0 Å². The highest BCUT2D eigenvalue weighted by molar-refractivity contribution is 4.97. The van der Waals surface area contributed by atoms with Gasteiger partial charge in [-0.2, -0.15) is 0 Å². The van der Waals surface area contributed by atoms with Gasteiger partial charge in [0.1, 0.15) is 5.54 Å². The first-order valence-corrected chi connectivity index (χ1v) is 8.05. The molecule has 2 rings (SSSR count). The monoisotopic (exact) mass is 254 g/mol. The molecule has 1 aliphatic carbocycles. The van der Waals surface area contributed by atoms with E-state index in [9.17, 15) is 5.11 Å². The Morgan fingerprint density at radius 2 is 1.89 bits per heavy atom. The molecule has 2 heteroatoms. The number of aliphatic hydroxyl groups excluding tert-OH is 1. The Labute approximate surface area is 113 Å². The number of aliphatic hydroxyl groups is 1. The lowest BCUT2D eigenvalue weighted by Gasteiger charge is -2.58. The van der Waals surface area contributed by atoms with Gasteiger partial charge in [0.25, 0.3) is 0 Å². The molecule has 0 bridgehead atoms. The standard InChI is InChI=1S/C16H32NO/c1-4-5-9-14-15(18)10-8-12-16(14)11-6-7-13-17(16,2)3/h14-15,18H,4-13H2,1-3H3/q+1/t14-,15-,16?/m1/s1. The zero-order valence-corrected chi connectivity index (χ0v) is 12.6. The maximum Gasteiger partial charge on any atom is 0.104 e. The normalized spacial score (nSPS) is 40.0. The molecule has 18 heavy (non-hydrogen) atoms. The molecule has 2 fully saturated rings. The van der Waals surface area contributed by atoms with Crippen LogP contribution < -0.4 is 0 Å². The maximum absolute atomic E-state index is 10.5. The Morgan fingerprint density at radius 3 is 2.56 bits per heavy atom. The summed E-state index contributed by atoms with van der Waals surface area (Å²) in [6.45, 7) is 3.57. The van der Waals surface area contributed by atoms with E-state index in [2.05, 4.69) is 21.0 Å². The lowest BCUT2D eigenvalue weighted by atomic mass is 9.63. The highest BCUT2D eigenvalue weighted by atomic mass is 16.3. The van der Waals surface area contributed by atoms with E-state index < -0.39 is 0 Å². The van der Waals surface area contributed by atoms with Crippen LogP contribution in [0.15, 0.2) is 0 Å². The van der Waals surface area contributed by atoms with Crippen LogP contribution >= 0.6 is 0 Å². The zero-order chi connectivity index (χ0) is 13.2. The predicted molar refractivity (Wildman–Crippen MR) is 76.4 cm³/mol. The molecule has 1 saturated heterocycles. The zero-order valence-electron chi connectivity index (χ0n) is 12.6. The van der Waals surface area contributed by atoms with Gasteiger partial charge in [-0.05, 0) is 32.1 Å². The third-order valence-electron chi connectivity index (χ3n) is 5.92. The third-order valence-corrected chi connectivity index (χ3v) is 5.92. The second-order valence-corrected chi connectivity index (χ2v) is 7.18. The molecule has 0 aromatic carbocycles. The average Bonchev–Trinajstić information content (AvgIpc) is 2.32. The van der Waals surface area contributed by atoms with Crippen molar-refractivity contribution < 1.29 is 9.59 Å². The third kappa shape index (κ3) is 2.34. The fourth-order valence-electron chi connectivity index (χ4n) is 4.77. The van der Waals surface area contributed by atoms with Crippen LogP contribution in [-0.2, 0) is 0 Å². The summed E-state index contributed by atoms with van der Waals surface area (Å²) < 4.78 is 1.15. The Kier molecular flexibility index (Phi) is 4.38. The predicted octanol–water partition coefficient (Wildman–Crippen LogP) is 3.34. The number of hydrogen-bond donors (Lipinski definition) is 1. The highest BCUT2D eigenvalue weighted by Crippen LogP contribution is 2.48. The molecule has 3 atom stereocenters. The Balaban J connectivity index is 2.24. The van der Waals surface area contributed by atoms with Crippen LogP contribution in [0, 0.1) is 5.92 Å². The van der Waals surface area contributed by atoms with Crippen molar-refractivity contribution in [2.45, 2.75) is 76.4 Å². The molecule has 1 saturated carbocycles. The van der Waals surface area contributed by atoms with Crippen molar-refractivity contribution in [2.24, 2.45) is 5.92 Å². The van der Waals surface area contributed by atoms with Crippen LogP contribution in [0.5, 0.6) is 0 Å². The van der Waals surface area contributed by atoms with Crippen molar-refractivity contribution in [1.82, 2.24) is 0 Å². The Hall–Kier alpha value is -0.0800. The van der Waals surface area contributed by atoms with Crippen molar-refractivity contribution >= 4 is 0 Å². The summed E-state index contributed by atoms with van der Waals surface area (Å²) in [4.78, 5) is 0. The van der Waals surface area contributed by atoms with Gasteiger partial charge >= 0.3 is 0 Å². The molecule has 1 unspecified atom stereocenters. The summed E-state index contributed by atoms with van der Waals surface area (Å²) in [7, 11) is 4.83. The van der Waals surface area contributed by atoms with E-state index in [1.807, 2.05) is 0 Å². The number of rotatable bonds is 3. The number of nitrogens with zero attached hydrogens (tertiary/aromatic N) is 1. The minimum absolute atomic E-state index is 0.0409. The minimum atomic E-state index is -0.0409. The average molecular weight is 254 g/mol.